The van der Waals surface area contributed by atoms with E-state index in [0.29, 0.717) is 11.3 Å². The van der Waals surface area contributed by atoms with Gasteiger partial charge in [-0.25, -0.2) is 4.68 Å². The Balaban J connectivity index is 1.67. The average Bonchev–Trinajstić information content (AvgIpc) is 3.40. The van der Waals surface area contributed by atoms with Gasteiger partial charge in [-0.3, -0.25) is 9.78 Å². The van der Waals surface area contributed by atoms with Crippen LogP contribution >= 0.6 is 0 Å². The van der Waals surface area contributed by atoms with Gasteiger partial charge in [0, 0.05) is 30.8 Å². The lowest BCUT2D eigenvalue weighted by atomic mass is 10.1. The van der Waals surface area contributed by atoms with Gasteiger partial charge in [0.2, 0.25) is 0 Å². The first-order chi connectivity index (χ1) is 13.2. The molecule has 0 aliphatic carbocycles. The third-order valence-corrected chi connectivity index (χ3v) is 4.80. The number of aromatic nitrogens is 3. The maximum Gasteiger partial charge on any atom is 0.255 e. The summed E-state index contributed by atoms with van der Waals surface area (Å²) in [6.07, 6.45) is 7.28. The standard InChI is InChI=1S/C21H22N4O2/c1-15(19-10-6-12-27-19)23-21(26)18-14-25(17-8-3-2-4-9-17)24-20(18)16-7-5-11-22-13-16/h2-5,7-9,11,13-15,19H,6,10,12H2,1H3,(H,23,26). The molecular weight excluding hydrogens is 340 g/mol. The number of carbonyl (C=O) groups is 1. The summed E-state index contributed by atoms with van der Waals surface area (Å²) < 4.78 is 7.43. The second kappa shape index (κ2) is 7.72. The molecule has 2 atom stereocenters. The third-order valence-electron chi connectivity index (χ3n) is 4.80. The quantitative estimate of drug-likeness (QED) is 0.757. The van der Waals surface area contributed by atoms with Crippen LogP contribution in [0.2, 0.25) is 0 Å². The fourth-order valence-corrected chi connectivity index (χ4v) is 3.34. The molecule has 6 heteroatoms. The molecule has 2 unspecified atom stereocenters. The summed E-state index contributed by atoms with van der Waals surface area (Å²) >= 11 is 0. The van der Waals surface area contributed by atoms with Gasteiger partial charge in [0.15, 0.2) is 0 Å². The highest BCUT2D eigenvalue weighted by Gasteiger charge is 2.26. The number of hydrogen-bond donors (Lipinski definition) is 1. The molecule has 1 fully saturated rings. The van der Waals surface area contributed by atoms with Crippen molar-refractivity contribution in [3.63, 3.8) is 0 Å². The lowest BCUT2D eigenvalue weighted by molar-refractivity contribution is 0.0712. The Hall–Kier alpha value is -2.99. The fraction of sp³-hybridized carbons (Fsp3) is 0.286. The zero-order valence-corrected chi connectivity index (χ0v) is 15.2. The number of hydrogen-bond acceptors (Lipinski definition) is 4. The number of pyridine rings is 1. The molecule has 138 valence electrons. The molecule has 1 N–H and O–H groups in total. The van der Waals surface area contributed by atoms with Crippen molar-refractivity contribution >= 4 is 5.91 Å². The molecule has 1 saturated heterocycles. The van der Waals surface area contributed by atoms with Crippen molar-refractivity contribution in [1.29, 1.82) is 0 Å². The third kappa shape index (κ3) is 3.75. The highest BCUT2D eigenvalue weighted by atomic mass is 16.5. The van der Waals surface area contributed by atoms with Crippen LogP contribution in [-0.4, -0.2) is 39.4 Å². The summed E-state index contributed by atoms with van der Waals surface area (Å²) in [4.78, 5) is 17.2. The van der Waals surface area contributed by atoms with Crippen molar-refractivity contribution in [3.8, 4) is 16.9 Å². The smallest absolute Gasteiger partial charge is 0.255 e. The number of para-hydroxylation sites is 1. The number of ether oxygens (including phenoxy) is 1. The predicted molar refractivity (Wildman–Crippen MR) is 103 cm³/mol. The minimum absolute atomic E-state index is 0.0539. The van der Waals surface area contributed by atoms with Crippen LogP contribution in [0.4, 0.5) is 0 Å². The topological polar surface area (TPSA) is 69.0 Å². The van der Waals surface area contributed by atoms with Gasteiger partial charge < -0.3 is 10.1 Å². The Morgan fingerprint density at radius 3 is 2.81 bits per heavy atom. The zero-order chi connectivity index (χ0) is 18.6. The molecule has 0 saturated carbocycles. The van der Waals surface area contributed by atoms with E-state index in [0.717, 1.165) is 30.7 Å². The molecule has 3 aromatic rings. The highest BCUT2D eigenvalue weighted by Crippen LogP contribution is 2.24. The van der Waals surface area contributed by atoms with E-state index in [2.05, 4.69) is 15.4 Å². The zero-order valence-electron chi connectivity index (χ0n) is 15.2. The molecule has 6 nitrogen and oxygen atoms in total. The molecule has 3 heterocycles. The van der Waals surface area contributed by atoms with Gasteiger partial charge in [0.05, 0.1) is 23.4 Å². The minimum atomic E-state index is -0.154. The summed E-state index contributed by atoms with van der Waals surface area (Å²) in [7, 11) is 0. The molecule has 1 amide bonds. The van der Waals surface area contributed by atoms with Gasteiger partial charge in [0.25, 0.3) is 5.91 Å². The van der Waals surface area contributed by atoms with Gasteiger partial charge in [-0.15, -0.1) is 0 Å². The summed E-state index contributed by atoms with van der Waals surface area (Å²) in [6, 6.07) is 13.4. The van der Waals surface area contributed by atoms with Crippen LogP contribution in [-0.2, 0) is 4.74 Å². The van der Waals surface area contributed by atoms with Crippen LogP contribution in [0.1, 0.15) is 30.1 Å². The second-order valence-corrected chi connectivity index (χ2v) is 6.73. The minimum Gasteiger partial charge on any atom is -0.376 e. The van der Waals surface area contributed by atoms with Gasteiger partial charge in [-0.05, 0) is 44.0 Å². The van der Waals surface area contributed by atoms with E-state index in [9.17, 15) is 4.79 Å². The summed E-state index contributed by atoms with van der Waals surface area (Å²) in [5.74, 6) is -0.154. The molecule has 0 radical (unpaired) electrons. The lowest BCUT2D eigenvalue weighted by Gasteiger charge is -2.19. The van der Waals surface area contributed by atoms with Crippen LogP contribution in [0.25, 0.3) is 16.9 Å². The Morgan fingerprint density at radius 2 is 2.11 bits per heavy atom. The van der Waals surface area contributed by atoms with E-state index in [1.165, 1.54) is 0 Å². The number of carbonyl (C=O) groups excluding carboxylic acids is 1. The van der Waals surface area contributed by atoms with Crippen LogP contribution in [0.5, 0.6) is 0 Å². The Bertz CT molecular complexity index is 902. The van der Waals surface area contributed by atoms with E-state index < -0.39 is 0 Å². The molecule has 4 rings (SSSR count). The van der Waals surface area contributed by atoms with E-state index in [1.54, 1.807) is 23.3 Å². The number of amides is 1. The maximum absolute atomic E-state index is 13.0. The predicted octanol–water partition coefficient (Wildman–Crippen LogP) is 3.23. The summed E-state index contributed by atoms with van der Waals surface area (Å²) in [5, 5.41) is 7.74. The van der Waals surface area contributed by atoms with Crippen LogP contribution in [0.15, 0.2) is 61.1 Å². The van der Waals surface area contributed by atoms with E-state index in [4.69, 9.17) is 4.74 Å². The number of rotatable bonds is 5. The van der Waals surface area contributed by atoms with E-state index >= 15 is 0 Å². The van der Waals surface area contributed by atoms with Gasteiger partial charge >= 0.3 is 0 Å². The van der Waals surface area contributed by atoms with Crippen LogP contribution in [0, 0.1) is 0 Å². The highest BCUT2D eigenvalue weighted by molar-refractivity contribution is 6.00. The SMILES string of the molecule is CC(NC(=O)c1cn(-c2ccccc2)nc1-c1cccnc1)C1CCCO1. The van der Waals surface area contributed by atoms with Crippen molar-refractivity contribution < 1.29 is 9.53 Å². The molecule has 2 aromatic heterocycles. The van der Waals surface area contributed by atoms with Crippen molar-refractivity contribution in [2.24, 2.45) is 0 Å². The first-order valence-corrected chi connectivity index (χ1v) is 9.20. The Kier molecular flexibility index (Phi) is 4.98. The van der Waals surface area contributed by atoms with Gasteiger partial charge in [-0.1, -0.05) is 18.2 Å². The Morgan fingerprint density at radius 1 is 1.26 bits per heavy atom. The van der Waals surface area contributed by atoms with Crippen molar-refractivity contribution in [2.45, 2.75) is 31.9 Å². The summed E-state index contributed by atoms with van der Waals surface area (Å²) in [6.45, 7) is 2.75. The van der Waals surface area contributed by atoms with Crippen molar-refractivity contribution in [2.75, 3.05) is 6.61 Å². The normalized spacial score (nSPS) is 17.6. The van der Waals surface area contributed by atoms with E-state index in [1.807, 2.05) is 49.4 Å². The monoisotopic (exact) mass is 362 g/mol. The largest absolute Gasteiger partial charge is 0.376 e. The van der Waals surface area contributed by atoms with Crippen LogP contribution < -0.4 is 5.32 Å². The van der Waals surface area contributed by atoms with Crippen molar-refractivity contribution in [1.82, 2.24) is 20.1 Å². The summed E-state index contributed by atoms with van der Waals surface area (Å²) in [5.41, 5.74) is 2.84. The average molecular weight is 362 g/mol. The van der Waals surface area contributed by atoms with Gasteiger partial charge in [0.1, 0.15) is 5.69 Å². The number of nitrogens with zero attached hydrogens (tertiary/aromatic N) is 3. The number of nitrogens with one attached hydrogen (secondary N) is 1. The molecule has 0 spiro atoms. The molecule has 1 aliphatic heterocycles. The Labute approximate surface area is 158 Å². The van der Waals surface area contributed by atoms with E-state index in [-0.39, 0.29) is 18.1 Å². The lowest BCUT2D eigenvalue weighted by Crippen LogP contribution is -2.40. The van der Waals surface area contributed by atoms with Crippen LogP contribution in [0.3, 0.4) is 0 Å². The van der Waals surface area contributed by atoms with Crippen molar-refractivity contribution in [3.05, 3.63) is 66.6 Å². The number of benzene rings is 1. The molecular formula is C21H22N4O2. The maximum atomic E-state index is 13.0. The first kappa shape index (κ1) is 17.4. The molecule has 1 aromatic carbocycles. The molecule has 1 aliphatic rings. The first-order valence-electron chi connectivity index (χ1n) is 9.20. The molecule has 27 heavy (non-hydrogen) atoms. The molecule has 0 bridgehead atoms. The van der Waals surface area contributed by atoms with Gasteiger partial charge in [-0.2, -0.15) is 5.10 Å². The fourth-order valence-electron chi connectivity index (χ4n) is 3.34. The second-order valence-electron chi connectivity index (χ2n) is 6.73.